The minimum absolute atomic E-state index is 0.272. The predicted molar refractivity (Wildman–Crippen MR) is 77.7 cm³/mol. The molecule has 3 nitrogen and oxygen atoms in total. The van der Waals surface area contributed by atoms with E-state index in [2.05, 4.69) is 6.92 Å². The summed E-state index contributed by atoms with van der Waals surface area (Å²) in [7, 11) is 3.38. The van der Waals surface area contributed by atoms with Gasteiger partial charge in [0.15, 0.2) is 0 Å². The zero-order valence-electron chi connectivity index (χ0n) is 12.2. The fourth-order valence-electron chi connectivity index (χ4n) is 3.07. The molecule has 0 amide bonds. The lowest BCUT2D eigenvalue weighted by Crippen LogP contribution is -2.40. The molecule has 2 N–H and O–H groups in total. The monoisotopic (exact) mass is 263 g/mol. The van der Waals surface area contributed by atoms with E-state index in [9.17, 15) is 0 Å². The van der Waals surface area contributed by atoms with E-state index in [0.717, 1.165) is 35.8 Å². The molecule has 0 aliphatic heterocycles. The minimum Gasteiger partial charge on any atom is -0.497 e. The van der Waals surface area contributed by atoms with E-state index < -0.39 is 0 Å². The molecule has 1 aromatic rings. The molecule has 19 heavy (non-hydrogen) atoms. The van der Waals surface area contributed by atoms with Crippen LogP contribution in [0.25, 0.3) is 0 Å². The molecule has 106 valence electrons. The molecule has 0 aromatic heterocycles. The Hall–Kier alpha value is -1.22. The van der Waals surface area contributed by atoms with Gasteiger partial charge in [0.2, 0.25) is 0 Å². The quantitative estimate of drug-likeness (QED) is 0.904. The molecule has 2 rings (SSSR count). The third-order valence-corrected chi connectivity index (χ3v) is 4.52. The molecule has 0 unspecified atom stereocenters. The second-order valence-corrected chi connectivity index (χ2v) is 5.57. The van der Waals surface area contributed by atoms with Crippen LogP contribution in [0.1, 0.15) is 44.6 Å². The number of benzene rings is 1. The van der Waals surface area contributed by atoms with Crippen LogP contribution in [0.3, 0.4) is 0 Å². The number of nitrogens with two attached hydrogens (primary N) is 1. The van der Waals surface area contributed by atoms with Crippen molar-refractivity contribution in [2.24, 2.45) is 11.7 Å². The summed E-state index contributed by atoms with van der Waals surface area (Å²) in [4.78, 5) is 0. The number of rotatable bonds is 4. The van der Waals surface area contributed by atoms with Crippen LogP contribution in [0.4, 0.5) is 0 Å². The highest BCUT2D eigenvalue weighted by molar-refractivity contribution is 5.44. The molecule has 3 heteroatoms. The summed E-state index contributed by atoms with van der Waals surface area (Å²) in [6, 6.07) is 5.91. The van der Waals surface area contributed by atoms with Crippen LogP contribution in [0.15, 0.2) is 18.2 Å². The SMILES string of the molecule is CCC1CCC(N)(c2cc(OC)ccc2OC)CC1. The first-order chi connectivity index (χ1) is 9.12. The van der Waals surface area contributed by atoms with Gasteiger partial charge in [-0.15, -0.1) is 0 Å². The maximum Gasteiger partial charge on any atom is 0.124 e. The Morgan fingerprint density at radius 3 is 2.42 bits per heavy atom. The van der Waals surface area contributed by atoms with Crippen molar-refractivity contribution in [3.63, 3.8) is 0 Å². The smallest absolute Gasteiger partial charge is 0.124 e. The maximum atomic E-state index is 6.66. The third-order valence-electron chi connectivity index (χ3n) is 4.52. The van der Waals surface area contributed by atoms with Crippen molar-refractivity contribution in [2.75, 3.05) is 14.2 Å². The maximum absolute atomic E-state index is 6.66. The van der Waals surface area contributed by atoms with Gasteiger partial charge in [-0.1, -0.05) is 13.3 Å². The van der Waals surface area contributed by atoms with Gasteiger partial charge in [0.05, 0.1) is 14.2 Å². The molecule has 1 fully saturated rings. The molecule has 0 saturated heterocycles. The molecule has 1 aliphatic carbocycles. The molecule has 1 aromatic carbocycles. The second-order valence-electron chi connectivity index (χ2n) is 5.57. The number of ether oxygens (including phenoxy) is 2. The normalized spacial score (nSPS) is 27.1. The Bertz CT molecular complexity index is 423. The first-order valence-electron chi connectivity index (χ1n) is 7.14. The van der Waals surface area contributed by atoms with E-state index in [1.165, 1.54) is 19.3 Å². The molecule has 0 heterocycles. The standard InChI is InChI=1S/C16H25NO2/c1-4-12-7-9-16(17,10-8-12)14-11-13(18-2)5-6-15(14)19-3/h5-6,11-12H,4,7-10,17H2,1-3H3. The average Bonchev–Trinajstić information content (AvgIpc) is 2.47. The Balaban J connectivity index is 2.29. The summed E-state index contributed by atoms with van der Waals surface area (Å²) in [5.74, 6) is 2.55. The second kappa shape index (κ2) is 5.83. The van der Waals surface area contributed by atoms with Gasteiger partial charge in [0.1, 0.15) is 11.5 Å². The lowest BCUT2D eigenvalue weighted by atomic mass is 9.72. The topological polar surface area (TPSA) is 44.5 Å². The van der Waals surface area contributed by atoms with Crippen molar-refractivity contribution >= 4 is 0 Å². The van der Waals surface area contributed by atoms with Crippen molar-refractivity contribution in [3.8, 4) is 11.5 Å². The van der Waals surface area contributed by atoms with E-state index in [0.29, 0.717) is 0 Å². The first-order valence-corrected chi connectivity index (χ1v) is 7.14. The number of hydrogen-bond acceptors (Lipinski definition) is 3. The van der Waals surface area contributed by atoms with Gasteiger partial charge < -0.3 is 15.2 Å². The van der Waals surface area contributed by atoms with Crippen molar-refractivity contribution in [1.82, 2.24) is 0 Å². The molecule has 0 atom stereocenters. The van der Waals surface area contributed by atoms with Crippen molar-refractivity contribution in [3.05, 3.63) is 23.8 Å². The summed E-state index contributed by atoms with van der Waals surface area (Å²) < 4.78 is 10.8. The molecule has 0 radical (unpaired) electrons. The lowest BCUT2D eigenvalue weighted by Gasteiger charge is -2.38. The van der Waals surface area contributed by atoms with Gasteiger partial charge in [-0.2, -0.15) is 0 Å². The summed E-state index contributed by atoms with van der Waals surface area (Å²) in [5, 5.41) is 0. The number of methoxy groups -OCH3 is 2. The fourth-order valence-corrected chi connectivity index (χ4v) is 3.07. The minimum atomic E-state index is -0.272. The largest absolute Gasteiger partial charge is 0.497 e. The summed E-state index contributed by atoms with van der Waals surface area (Å²) in [6.45, 7) is 2.26. The summed E-state index contributed by atoms with van der Waals surface area (Å²) in [5.41, 5.74) is 7.48. The zero-order valence-corrected chi connectivity index (χ0v) is 12.2. The number of hydrogen-bond donors (Lipinski definition) is 1. The average molecular weight is 263 g/mol. The highest BCUT2D eigenvalue weighted by Gasteiger charge is 2.35. The van der Waals surface area contributed by atoms with Crippen LogP contribution in [-0.2, 0) is 5.54 Å². The van der Waals surface area contributed by atoms with Crippen LogP contribution < -0.4 is 15.2 Å². The van der Waals surface area contributed by atoms with Gasteiger partial charge in [0, 0.05) is 11.1 Å². The van der Waals surface area contributed by atoms with Crippen LogP contribution >= 0.6 is 0 Å². The lowest BCUT2D eigenvalue weighted by molar-refractivity contribution is 0.225. The van der Waals surface area contributed by atoms with Gasteiger partial charge >= 0.3 is 0 Å². The van der Waals surface area contributed by atoms with Gasteiger partial charge in [0.25, 0.3) is 0 Å². The molecule has 1 saturated carbocycles. The van der Waals surface area contributed by atoms with Crippen LogP contribution in [0.5, 0.6) is 11.5 Å². The molecular formula is C16H25NO2. The summed E-state index contributed by atoms with van der Waals surface area (Å²) >= 11 is 0. The Morgan fingerprint density at radius 2 is 1.89 bits per heavy atom. The van der Waals surface area contributed by atoms with E-state index in [4.69, 9.17) is 15.2 Å². The van der Waals surface area contributed by atoms with Crippen LogP contribution in [0.2, 0.25) is 0 Å². The highest BCUT2D eigenvalue weighted by atomic mass is 16.5. The Morgan fingerprint density at radius 1 is 1.21 bits per heavy atom. The molecule has 0 bridgehead atoms. The fraction of sp³-hybridized carbons (Fsp3) is 0.625. The zero-order chi connectivity index (χ0) is 13.9. The molecular weight excluding hydrogens is 238 g/mol. The van der Waals surface area contributed by atoms with E-state index in [1.54, 1.807) is 14.2 Å². The van der Waals surface area contributed by atoms with Gasteiger partial charge in [-0.25, -0.2) is 0 Å². The molecule has 1 aliphatic rings. The van der Waals surface area contributed by atoms with Gasteiger partial charge in [-0.05, 0) is 49.8 Å². The van der Waals surface area contributed by atoms with Crippen molar-refractivity contribution in [1.29, 1.82) is 0 Å². The predicted octanol–water partition coefficient (Wildman–Crippen LogP) is 3.46. The van der Waals surface area contributed by atoms with Gasteiger partial charge in [-0.3, -0.25) is 0 Å². The van der Waals surface area contributed by atoms with Crippen LogP contribution in [0, 0.1) is 5.92 Å². The van der Waals surface area contributed by atoms with E-state index in [-0.39, 0.29) is 5.54 Å². The summed E-state index contributed by atoms with van der Waals surface area (Å²) in [6.07, 6.45) is 5.70. The van der Waals surface area contributed by atoms with Crippen LogP contribution in [-0.4, -0.2) is 14.2 Å². The van der Waals surface area contributed by atoms with E-state index in [1.807, 2.05) is 18.2 Å². The molecule has 0 spiro atoms. The van der Waals surface area contributed by atoms with Crippen molar-refractivity contribution in [2.45, 2.75) is 44.6 Å². The van der Waals surface area contributed by atoms with Crippen molar-refractivity contribution < 1.29 is 9.47 Å². The first kappa shape index (κ1) is 14.2. The Labute approximate surface area is 116 Å². The highest BCUT2D eigenvalue weighted by Crippen LogP contribution is 2.43. The van der Waals surface area contributed by atoms with E-state index >= 15 is 0 Å². The Kier molecular flexibility index (Phi) is 4.35. The third kappa shape index (κ3) is 2.86.